The smallest absolute Gasteiger partial charge is 0.163 e. The molecule has 0 bridgehead atoms. The van der Waals surface area contributed by atoms with Gasteiger partial charge in [0, 0.05) is 24.0 Å². The molecular formula is C15H19N3O. The third kappa shape index (κ3) is 2.26. The van der Waals surface area contributed by atoms with Crippen LogP contribution in [0, 0.1) is 20.8 Å². The monoisotopic (exact) mass is 257 g/mol. The Balaban J connectivity index is 2.72. The molecule has 1 heterocycles. The van der Waals surface area contributed by atoms with Gasteiger partial charge in [-0.1, -0.05) is 0 Å². The second-order valence-corrected chi connectivity index (χ2v) is 4.86. The number of carbonyl (C=O) groups is 1. The van der Waals surface area contributed by atoms with Crippen LogP contribution in [0.5, 0.6) is 0 Å². The second kappa shape index (κ2) is 4.88. The van der Waals surface area contributed by atoms with Gasteiger partial charge in [0.15, 0.2) is 5.78 Å². The number of hydrogen-bond donors (Lipinski definition) is 2. The predicted molar refractivity (Wildman–Crippen MR) is 77.8 cm³/mol. The summed E-state index contributed by atoms with van der Waals surface area (Å²) in [6.07, 6.45) is 0. The van der Waals surface area contributed by atoms with Crippen molar-refractivity contribution < 1.29 is 4.79 Å². The maximum absolute atomic E-state index is 11.8. The quantitative estimate of drug-likeness (QED) is 0.830. The minimum atomic E-state index is 0.0292. The van der Waals surface area contributed by atoms with Crippen molar-refractivity contribution in [2.75, 3.05) is 12.4 Å². The third-order valence-electron chi connectivity index (χ3n) is 3.46. The van der Waals surface area contributed by atoms with Crippen LogP contribution in [0.15, 0.2) is 12.1 Å². The van der Waals surface area contributed by atoms with Crippen LogP contribution < -0.4 is 5.32 Å². The van der Waals surface area contributed by atoms with Crippen LogP contribution >= 0.6 is 0 Å². The van der Waals surface area contributed by atoms with E-state index < -0.39 is 0 Å². The Bertz CT molecular complexity index is 641. The molecule has 0 fully saturated rings. The standard InChI is InChI=1S/C15H19N3O/c1-8-6-12(13(16-5)7-9(8)2)15-14(11(4)19)10(3)17-18-15/h6-7,16H,1-5H3,(H,17,18). The second-order valence-electron chi connectivity index (χ2n) is 4.86. The highest BCUT2D eigenvalue weighted by atomic mass is 16.1. The first-order valence-corrected chi connectivity index (χ1v) is 6.31. The summed E-state index contributed by atoms with van der Waals surface area (Å²) in [4.78, 5) is 11.8. The maximum Gasteiger partial charge on any atom is 0.163 e. The number of benzene rings is 1. The van der Waals surface area contributed by atoms with Crippen LogP contribution in [0.1, 0.15) is 34.1 Å². The summed E-state index contributed by atoms with van der Waals surface area (Å²) in [5, 5.41) is 10.4. The van der Waals surface area contributed by atoms with Crippen molar-refractivity contribution in [1.29, 1.82) is 0 Å². The van der Waals surface area contributed by atoms with Crippen molar-refractivity contribution in [3.63, 3.8) is 0 Å². The molecule has 0 saturated heterocycles. The van der Waals surface area contributed by atoms with Gasteiger partial charge in [0.2, 0.25) is 0 Å². The van der Waals surface area contributed by atoms with Gasteiger partial charge in [-0.3, -0.25) is 9.89 Å². The van der Waals surface area contributed by atoms with Crippen LogP contribution in [-0.4, -0.2) is 23.0 Å². The molecular weight excluding hydrogens is 238 g/mol. The molecule has 0 aliphatic carbocycles. The number of ketones is 1. The summed E-state index contributed by atoms with van der Waals surface area (Å²) in [7, 11) is 1.88. The first-order valence-electron chi connectivity index (χ1n) is 6.31. The largest absolute Gasteiger partial charge is 0.388 e. The maximum atomic E-state index is 11.8. The Labute approximate surface area is 113 Å². The van der Waals surface area contributed by atoms with Gasteiger partial charge >= 0.3 is 0 Å². The molecule has 0 aliphatic heterocycles. The van der Waals surface area contributed by atoms with Crippen LogP contribution in [0.3, 0.4) is 0 Å². The van der Waals surface area contributed by atoms with E-state index in [9.17, 15) is 4.79 Å². The lowest BCUT2D eigenvalue weighted by Crippen LogP contribution is -2.00. The molecule has 100 valence electrons. The predicted octanol–water partition coefficient (Wildman–Crippen LogP) is 3.25. The van der Waals surface area contributed by atoms with Crippen molar-refractivity contribution in [2.45, 2.75) is 27.7 Å². The van der Waals surface area contributed by atoms with Crippen molar-refractivity contribution in [2.24, 2.45) is 0 Å². The lowest BCUT2D eigenvalue weighted by atomic mass is 9.97. The lowest BCUT2D eigenvalue weighted by molar-refractivity contribution is 0.101. The van der Waals surface area contributed by atoms with Crippen molar-refractivity contribution in [3.05, 3.63) is 34.5 Å². The van der Waals surface area contributed by atoms with Crippen LogP contribution in [0.4, 0.5) is 5.69 Å². The van der Waals surface area contributed by atoms with Gasteiger partial charge in [-0.2, -0.15) is 5.10 Å². The Morgan fingerprint density at radius 2 is 1.84 bits per heavy atom. The number of nitrogens with zero attached hydrogens (tertiary/aromatic N) is 1. The van der Waals surface area contributed by atoms with E-state index >= 15 is 0 Å². The molecule has 1 aromatic heterocycles. The molecule has 0 amide bonds. The highest BCUT2D eigenvalue weighted by Crippen LogP contribution is 2.32. The summed E-state index contributed by atoms with van der Waals surface area (Å²) in [6, 6.07) is 4.15. The zero-order valence-electron chi connectivity index (χ0n) is 12.0. The number of rotatable bonds is 3. The molecule has 1 aromatic carbocycles. The number of Topliss-reactive ketones (excluding diaryl/α,β-unsaturated/α-hetero) is 1. The highest BCUT2D eigenvalue weighted by molar-refractivity contribution is 6.02. The average molecular weight is 257 g/mol. The Kier molecular flexibility index (Phi) is 3.42. The van der Waals surface area contributed by atoms with Gasteiger partial charge in [0.25, 0.3) is 0 Å². The van der Waals surface area contributed by atoms with Gasteiger partial charge in [0.05, 0.1) is 5.56 Å². The first-order chi connectivity index (χ1) is 8.95. The Morgan fingerprint density at radius 3 is 2.42 bits per heavy atom. The fourth-order valence-corrected chi connectivity index (χ4v) is 2.27. The van der Waals surface area contributed by atoms with E-state index in [1.807, 2.05) is 14.0 Å². The molecule has 0 radical (unpaired) electrons. The SMILES string of the molecule is CNc1cc(C)c(C)cc1-c1n[nH]c(C)c1C(C)=O. The third-order valence-corrected chi connectivity index (χ3v) is 3.46. The molecule has 0 aliphatic rings. The molecule has 0 spiro atoms. The molecule has 19 heavy (non-hydrogen) atoms. The summed E-state index contributed by atoms with van der Waals surface area (Å²) in [5.41, 5.74) is 6.53. The van der Waals surface area contributed by atoms with Crippen LogP contribution in [0.25, 0.3) is 11.3 Å². The number of aromatic amines is 1. The number of H-pyrrole nitrogens is 1. The topological polar surface area (TPSA) is 57.8 Å². The van der Waals surface area contributed by atoms with Gasteiger partial charge < -0.3 is 5.32 Å². The molecule has 2 N–H and O–H groups in total. The van der Waals surface area contributed by atoms with E-state index in [1.165, 1.54) is 11.1 Å². The summed E-state index contributed by atoms with van der Waals surface area (Å²) in [5.74, 6) is 0.0292. The summed E-state index contributed by atoms with van der Waals surface area (Å²) in [6.45, 7) is 7.57. The van der Waals surface area contributed by atoms with Gasteiger partial charge in [-0.15, -0.1) is 0 Å². The number of aromatic nitrogens is 2. The molecule has 4 nitrogen and oxygen atoms in total. The normalized spacial score (nSPS) is 10.6. The minimum absolute atomic E-state index is 0.0292. The van der Waals surface area contributed by atoms with E-state index in [0.717, 1.165) is 22.6 Å². The van der Waals surface area contributed by atoms with Crippen LogP contribution in [0.2, 0.25) is 0 Å². The molecule has 0 unspecified atom stereocenters. The van der Waals surface area contributed by atoms with E-state index in [0.29, 0.717) is 5.56 Å². The van der Waals surface area contributed by atoms with Crippen molar-refractivity contribution in [1.82, 2.24) is 10.2 Å². The lowest BCUT2D eigenvalue weighted by Gasteiger charge is -2.12. The van der Waals surface area contributed by atoms with Crippen molar-refractivity contribution in [3.8, 4) is 11.3 Å². The van der Waals surface area contributed by atoms with Gasteiger partial charge in [-0.25, -0.2) is 0 Å². The number of nitrogens with one attached hydrogen (secondary N) is 2. The first kappa shape index (κ1) is 13.3. The Morgan fingerprint density at radius 1 is 1.21 bits per heavy atom. The molecule has 2 aromatic rings. The fraction of sp³-hybridized carbons (Fsp3) is 0.333. The van der Waals surface area contributed by atoms with E-state index in [4.69, 9.17) is 0 Å². The van der Waals surface area contributed by atoms with Crippen molar-refractivity contribution >= 4 is 11.5 Å². The minimum Gasteiger partial charge on any atom is -0.388 e. The van der Waals surface area contributed by atoms with Gasteiger partial charge in [0.1, 0.15) is 5.69 Å². The number of aryl methyl sites for hydroxylation is 3. The average Bonchev–Trinajstić information content (AvgIpc) is 2.74. The summed E-state index contributed by atoms with van der Waals surface area (Å²) < 4.78 is 0. The number of anilines is 1. The number of carbonyl (C=O) groups excluding carboxylic acids is 1. The zero-order chi connectivity index (χ0) is 14.2. The fourth-order valence-electron chi connectivity index (χ4n) is 2.27. The van der Waals surface area contributed by atoms with Gasteiger partial charge in [-0.05, 0) is 51.0 Å². The summed E-state index contributed by atoms with van der Waals surface area (Å²) >= 11 is 0. The Hall–Kier alpha value is -2.10. The van der Waals surface area contributed by atoms with Crippen LogP contribution in [-0.2, 0) is 0 Å². The molecule has 4 heteroatoms. The molecule has 0 atom stereocenters. The highest BCUT2D eigenvalue weighted by Gasteiger charge is 2.18. The van der Waals surface area contributed by atoms with E-state index in [1.54, 1.807) is 6.92 Å². The van der Waals surface area contributed by atoms with E-state index in [-0.39, 0.29) is 5.78 Å². The zero-order valence-corrected chi connectivity index (χ0v) is 12.0. The van der Waals surface area contributed by atoms with E-state index in [2.05, 4.69) is 41.5 Å². The number of hydrogen-bond acceptors (Lipinski definition) is 3. The molecule has 0 saturated carbocycles. The molecule has 2 rings (SSSR count).